The van der Waals surface area contributed by atoms with Crippen LogP contribution < -0.4 is 0 Å². The predicted molar refractivity (Wildman–Crippen MR) is 60.6 cm³/mol. The van der Waals surface area contributed by atoms with E-state index in [1.165, 1.54) is 4.90 Å². The van der Waals surface area contributed by atoms with Crippen molar-refractivity contribution in [3.05, 3.63) is 0 Å². The van der Waals surface area contributed by atoms with Crippen molar-refractivity contribution in [1.29, 1.82) is 0 Å². The van der Waals surface area contributed by atoms with Gasteiger partial charge in [0.2, 0.25) is 0 Å². The second-order valence-corrected chi connectivity index (χ2v) is 5.90. The molecule has 0 spiro atoms. The molecule has 3 atom stereocenters. The van der Waals surface area contributed by atoms with Crippen LogP contribution in [0.15, 0.2) is 0 Å². The molecular formula is C12H19NO4. The number of carbonyl (C=O) groups excluding carboxylic acids is 1. The first-order chi connectivity index (χ1) is 7.79. The molecule has 1 heterocycles. The summed E-state index contributed by atoms with van der Waals surface area (Å²) in [5.74, 6) is -0.812. The minimum absolute atomic E-state index is 0.0518. The van der Waals surface area contributed by atoms with Gasteiger partial charge in [-0.1, -0.05) is 0 Å². The van der Waals surface area contributed by atoms with E-state index >= 15 is 0 Å². The van der Waals surface area contributed by atoms with Crippen LogP contribution in [0.2, 0.25) is 0 Å². The van der Waals surface area contributed by atoms with E-state index in [4.69, 9.17) is 4.74 Å². The Balaban J connectivity index is 2.14. The minimum Gasteiger partial charge on any atom is -0.480 e. The smallest absolute Gasteiger partial charge is 0.411 e. The fourth-order valence-corrected chi connectivity index (χ4v) is 2.88. The van der Waals surface area contributed by atoms with Crippen LogP contribution in [0.3, 0.4) is 0 Å². The molecule has 2 fully saturated rings. The van der Waals surface area contributed by atoms with Crippen molar-refractivity contribution in [2.45, 2.75) is 57.7 Å². The highest BCUT2D eigenvalue weighted by Crippen LogP contribution is 2.43. The second-order valence-electron chi connectivity index (χ2n) is 5.90. The van der Waals surface area contributed by atoms with E-state index in [1.54, 1.807) is 20.8 Å². The van der Waals surface area contributed by atoms with Gasteiger partial charge in [-0.2, -0.15) is 0 Å². The van der Waals surface area contributed by atoms with E-state index in [1.807, 2.05) is 0 Å². The molecule has 0 aromatic rings. The maximum Gasteiger partial charge on any atom is 0.411 e. The molecule has 0 aromatic heterocycles. The van der Waals surface area contributed by atoms with Crippen LogP contribution in [0.25, 0.3) is 0 Å². The fraction of sp³-hybridized carbons (Fsp3) is 0.833. The molecule has 1 saturated heterocycles. The third kappa shape index (κ3) is 2.23. The summed E-state index contributed by atoms with van der Waals surface area (Å²) in [6, 6.07) is -0.639. The van der Waals surface area contributed by atoms with E-state index in [0.29, 0.717) is 0 Å². The largest absolute Gasteiger partial charge is 0.480 e. The van der Waals surface area contributed by atoms with Gasteiger partial charge in [0.05, 0.1) is 0 Å². The number of rotatable bonds is 1. The number of ether oxygens (including phenoxy) is 1. The van der Waals surface area contributed by atoms with Crippen molar-refractivity contribution in [2.75, 3.05) is 0 Å². The molecule has 0 radical (unpaired) electrons. The number of carboxylic acid groups (broad SMARTS) is 1. The first-order valence-electron chi connectivity index (χ1n) is 6.04. The number of nitrogens with zero attached hydrogens (tertiary/aromatic N) is 1. The molecule has 5 nitrogen and oxygen atoms in total. The highest BCUT2D eigenvalue weighted by atomic mass is 16.6. The Morgan fingerprint density at radius 2 is 1.94 bits per heavy atom. The monoisotopic (exact) mass is 241 g/mol. The number of aliphatic carboxylic acids is 1. The number of piperidine rings is 1. The number of amides is 1. The van der Waals surface area contributed by atoms with E-state index in [-0.39, 0.29) is 12.0 Å². The first kappa shape index (κ1) is 12.2. The Labute approximate surface area is 101 Å². The molecule has 17 heavy (non-hydrogen) atoms. The van der Waals surface area contributed by atoms with Gasteiger partial charge in [0.1, 0.15) is 11.6 Å². The lowest BCUT2D eigenvalue weighted by Gasteiger charge is -2.34. The zero-order valence-electron chi connectivity index (χ0n) is 10.5. The van der Waals surface area contributed by atoms with Crippen LogP contribution in [0.5, 0.6) is 0 Å². The number of carboxylic acids is 1. The molecule has 0 aromatic carbocycles. The molecule has 5 heteroatoms. The van der Waals surface area contributed by atoms with Gasteiger partial charge in [0, 0.05) is 6.04 Å². The molecule has 1 N–H and O–H groups in total. The Bertz CT molecular complexity index is 347. The lowest BCUT2D eigenvalue weighted by atomic mass is 9.99. The summed E-state index contributed by atoms with van der Waals surface area (Å²) in [7, 11) is 0. The summed E-state index contributed by atoms with van der Waals surface area (Å²) in [5.41, 5.74) is -0.581. The van der Waals surface area contributed by atoms with Gasteiger partial charge < -0.3 is 9.84 Å². The average molecular weight is 241 g/mol. The highest BCUT2D eigenvalue weighted by Gasteiger charge is 2.52. The lowest BCUT2D eigenvalue weighted by Crippen LogP contribution is -2.50. The van der Waals surface area contributed by atoms with Gasteiger partial charge in [-0.3, -0.25) is 4.90 Å². The van der Waals surface area contributed by atoms with E-state index < -0.39 is 23.7 Å². The Kier molecular flexibility index (Phi) is 2.79. The average Bonchev–Trinajstić information content (AvgIpc) is 2.72. The zero-order valence-corrected chi connectivity index (χ0v) is 10.5. The van der Waals surface area contributed by atoms with Crippen LogP contribution in [0.1, 0.15) is 40.0 Å². The van der Waals surface area contributed by atoms with Crippen molar-refractivity contribution in [1.82, 2.24) is 4.90 Å². The Morgan fingerprint density at radius 1 is 1.29 bits per heavy atom. The van der Waals surface area contributed by atoms with Crippen LogP contribution in [0.4, 0.5) is 4.79 Å². The quantitative estimate of drug-likeness (QED) is 0.761. The number of likely N-dealkylation sites (tertiary alicyclic amines) is 1. The first-order valence-corrected chi connectivity index (χ1v) is 6.04. The summed E-state index contributed by atoms with van der Waals surface area (Å²) >= 11 is 0. The van der Waals surface area contributed by atoms with Gasteiger partial charge >= 0.3 is 12.1 Å². The zero-order chi connectivity index (χ0) is 12.8. The van der Waals surface area contributed by atoms with Crippen molar-refractivity contribution in [3.8, 4) is 0 Å². The van der Waals surface area contributed by atoms with Gasteiger partial charge in [0.15, 0.2) is 0 Å². The van der Waals surface area contributed by atoms with Crippen LogP contribution in [-0.2, 0) is 9.53 Å². The van der Waals surface area contributed by atoms with E-state index in [2.05, 4.69) is 0 Å². The van der Waals surface area contributed by atoms with E-state index in [9.17, 15) is 14.7 Å². The van der Waals surface area contributed by atoms with Gasteiger partial charge in [0.25, 0.3) is 0 Å². The number of hydrogen-bond acceptors (Lipinski definition) is 3. The molecule has 2 aliphatic rings. The third-order valence-electron chi connectivity index (χ3n) is 3.44. The number of carbonyl (C=O) groups is 2. The second kappa shape index (κ2) is 3.89. The van der Waals surface area contributed by atoms with Crippen LogP contribution in [0, 0.1) is 5.92 Å². The normalized spacial score (nSPS) is 31.7. The fourth-order valence-electron chi connectivity index (χ4n) is 2.88. The highest BCUT2D eigenvalue weighted by molar-refractivity contribution is 5.82. The van der Waals surface area contributed by atoms with Crippen LogP contribution >= 0.6 is 0 Å². The van der Waals surface area contributed by atoms with Gasteiger partial charge in [-0.15, -0.1) is 0 Å². The van der Waals surface area contributed by atoms with Crippen molar-refractivity contribution in [3.63, 3.8) is 0 Å². The van der Waals surface area contributed by atoms with Crippen molar-refractivity contribution >= 4 is 12.1 Å². The standard InChI is InChI=1S/C12H19NO4/c1-12(2,3)17-11(16)13-8-5-4-7(6-8)9(13)10(14)15/h7-9H,4-6H2,1-3H3,(H,14,15)/t7-,8-,9+/m1/s1. The predicted octanol–water partition coefficient (Wildman–Crippen LogP) is 1.86. The Morgan fingerprint density at radius 3 is 2.47 bits per heavy atom. The third-order valence-corrected chi connectivity index (χ3v) is 3.44. The topological polar surface area (TPSA) is 66.8 Å². The molecular weight excluding hydrogens is 222 g/mol. The molecule has 1 aliphatic carbocycles. The number of fused-ring (bicyclic) bond motifs is 2. The summed E-state index contributed by atoms with van der Waals surface area (Å²) < 4.78 is 5.28. The lowest BCUT2D eigenvalue weighted by molar-refractivity contribution is -0.144. The summed E-state index contributed by atoms with van der Waals surface area (Å²) in [6.07, 6.45) is 2.11. The van der Waals surface area contributed by atoms with Crippen molar-refractivity contribution < 1.29 is 19.4 Å². The molecule has 1 amide bonds. The summed E-state index contributed by atoms with van der Waals surface area (Å²) in [6.45, 7) is 5.36. The maximum absolute atomic E-state index is 12.0. The SMILES string of the molecule is CC(C)(C)OC(=O)N1[C@@H]2CC[C@H](C2)[C@H]1C(=O)O. The number of hydrogen-bond donors (Lipinski definition) is 1. The van der Waals surface area contributed by atoms with Crippen molar-refractivity contribution in [2.24, 2.45) is 5.92 Å². The molecule has 1 aliphatic heterocycles. The van der Waals surface area contributed by atoms with E-state index in [0.717, 1.165) is 19.3 Å². The summed E-state index contributed by atoms with van der Waals surface area (Å²) in [5, 5.41) is 9.20. The minimum atomic E-state index is -0.914. The summed E-state index contributed by atoms with van der Waals surface area (Å²) in [4.78, 5) is 24.7. The molecule has 1 saturated carbocycles. The molecule has 0 unspecified atom stereocenters. The van der Waals surface area contributed by atoms with Gasteiger partial charge in [-0.25, -0.2) is 9.59 Å². The maximum atomic E-state index is 12.0. The molecule has 2 rings (SSSR count). The Hall–Kier alpha value is -1.26. The van der Waals surface area contributed by atoms with Gasteiger partial charge in [-0.05, 0) is 46.0 Å². The molecule has 96 valence electrons. The van der Waals surface area contributed by atoms with Crippen LogP contribution in [-0.4, -0.2) is 39.8 Å². The molecule has 2 bridgehead atoms.